The largest absolute Gasteiger partial charge is 0.459 e. The van der Waals surface area contributed by atoms with Crippen molar-refractivity contribution in [1.82, 2.24) is 9.78 Å². The number of halogens is 1. The van der Waals surface area contributed by atoms with Gasteiger partial charge in [-0.1, -0.05) is 11.6 Å². The Morgan fingerprint density at radius 3 is 2.78 bits per heavy atom. The lowest BCUT2D eigenvalue weighted by Gasteiger charge is -2.14. The minimum Gasteiger partial charge on any atom is -0.459 e. The molecular weight excluding hydrogens is 386 g/mol. The summed E-state index contributed by atoms with van der Waals surface area (Å²) in [5, 5.41) is 8.27. The van der Waals surface area contributed by atoms with E-state index < -0.39 is 0 Å². The van der Waals surface area contributed by atoms with E-state index in [2.05, 4.69) is 10.4 Å². The fourth-order valence-electron chi connectivity index (χ4n) is 3.19. The molecule has 2 aromatic rings. The number of ether oxygens (including phenoxy) is 1. The smallest absolute Gasteiger partial charge is 0.341 e. The number of anilines is 1. The predicted octanol–water partition coefficient (Wildman–Crippen LogP) is 4.38. The molecule has 1 amide bonds. The zero-order valence-electron chi connectivity index (χ0n) is 15.8. The molecule has 0 aliphatic heterocycles. The van der Waals surface area contributed by atoms with Gasteiger partial charge in [0.1, 0.15) is 5.00 Å². The first-order chi connectivity index (χ1) is 12.9. The van der Waals surface area contributed by atoms with Crippen molar-refractivity contribution in [3.05, 3.63) is 32.9 Å². The molecule has 8 heteroatoms. The summed E-state index contributed by atoms with van der Waals surface area (Å²) in [7, 11) is 0. The maximum absolute atomic E-state index is 12.6. The molecule has 6 nitrogen and oxygen atoms in total. The number of aromatic nitrogens is 2. The second-order valence-electron chi connectivity index (χ2n) is 6.97. The minimum atomic E-state index is -0.352. The normalized spacial score (nSPS) is 13.5. The third-order valence-electron chi connectivity index (χ3n) is 4.57. The van der Waals surface area contributed by atoms with Crippen LogP contribution in [0.5, 0.6) is 0 Å². The number of carbonyl (C=O) groups is 2. The van der Waals surface area contributed by atoms with Crippen molar-refractivity contribution in [1.29, 1.82) is 0 Å². The second kappa shape index (κ2) is 8.44. The Labute approximate surface area is 167 Å². The van der Waals surface area contributed by atoms with Gasteiger partial charge in [0.2, 0.25) is 5.91 Å². The molecule has 1 aliphatic rings. The summed E-state index contributed by atoms with van der Waals surface area (Å²) < 4.78 is 7.12. The van der Waals surface area contributed by atoms with Gasteiger partial charge in [0.15, 0.2) is 0 Å². The number of nitrogens with one attached hydrogen (secondary N) is 1. The van der Waals surface area contributed by atoms with Crippen LogP contribution in [0.3, 0.4) is 0 Å². The third kappa shape index (κ3) is 4.52. The molecule has 0 bridgehead atoms. The predicted molar refractivity (Wildman–Crippen MR) is 107 cm³/mol. The number of aryl methyl sites for hydroxylation is 2. The van der Waals surface area contributed by atoms with Crippen LogP contribution in [-0.2, 0) is 28.9 Å². The van der Waals surface area contributed by atoms with Crippen molar-refractivity contribution in [2.45, 2.75) is 65.5 Å². The molecule has 0 saturated carbocycles. The van der Waals surface area contributed by atoms with Crippen LogP contribution < -0.4 is 5.32 Å². The van der Waals surface area contributed by atoms with Crippen LogP contribution in [0, 0.1) is 6.92 Å². The number of nitrogens with zero attached hydrogens (tertiary/aromatic N) is 2. The van der Waals surface area contributed by atoms with Gasteiger partial charge in [0, 0.05) is 11.3 Å². The molecule has 0 radical (unpaired) electrons. The molecule has 2 aromatic heterocycles. The summed E-state index contributed by atoms with van der Waals surface area (Å²) in [4.78, 5) is 26.3. The fraction of sp³-hybridized carbons (Fsp3) is 0.526. The number of thiophene rings is 1. The lowest BCUT2D eigenvalue weighted by Crippen LogP contribution is -2.19. The molecule has 1 N–H and O–H groups in total. The molecule has 0 aromatic carbocycles. The number of fused-ring (bicyclic) bond motifs is 1. The van der Waals surface area contributed by atoms with E-state index in [4.69, 9.17) is 16.3 Å². The summed E-state index contributed by atoms with van der Waals surface area (Å²) in [6.45, 7) is 5.95. The van der Waals surface area contributed by atoms with Gasteiger partial charge in [-0.2, -0.15) is 5.10 Å². The number of rotatable bonds is 6. The average molecular weight is 410 g/mol. The highest BCUT2D eigenvalue weighted by molar-refractivity contribution is 7.17. The van der Waals surface area contributed by atoms with E-state index in [1.807, 2.05) is 20.8 Å². The lowest BCUT2D eigenvalue weighted by molar-refractivity contribution is -0.116. The highest BCUT2D eigenvalue weighted by atomic mass is 35.5. The molecule has 0 unspecified atom stereocenters. The van der Waals surface area contributed by atoms with Crippen LogP contribution >= 0.6 is 22.9 Å². The first kappa shape index (κ1) is 19.9. The van der Waals surface area contributed by atoms with Crippen molar-refractivity contribution < 1.29 is 14.3 Å². The zero-order valence-corrected chi connectivity index (χ0v) is 17.4. The van der Waals surface area contributed by atoms with E-state index in [-0.39, 0.29) is 24.4 Å². The van der Waals surface area contributed by atoms with Crippen LogP contribution in [0.4, 0.5) is 5.00 Å². The van der Waals surface area contributed by atoms with Gasteiger partial charge in [-0.15, -0.1) is 11.3 Å². The van der Waals surface area contributed by atoms with E-state index in [1.54, 1.807) is 10.9 Å². The molecule has 0 spiro atoms. The van der Waals surface area contributed by atoms with Gasteiger partial charge in [0.25, 0.3) is 0 Å². The Morgan fingerprint density at radius 2 is 2.11 bits per heavy atom. The number of hydrogen-bond acceptors (Lipinski definition) is 5. The monoisotopic (exact) mass is 409 g/mol. The highest BCUT2D eigenvalue weighted by Gasteiger charge is 2.27. The summed E-state index contributed by atoms with van der Waals surface area (Å²) >= 11 is 7.49. The van der Waals surface area contributed by atoms with Gasteiger partial charge in [0.05, 0.1) is 35.1 Å². The van der Waals surface area contributed by atoms with Crippen molar-refractivity contribution in [3.63, 3.8) is 0 Å². The van der Waals surface area contributed by atoms with Crippen LogP contribution in [0.25, 0.3) is 0 Å². The minimum absolute atomic E-state index is 0.154. The van der Waals surface area contributed by atoms with Gasteiger partial charge in [-0.25, -0.2) is 4.79 Å². The zero-order chi connectivity index (χ0) is 19.6. The molecule has 3 rings (SSSR count). The van der Waals surface area contributed by atoms with Crippen molar-refractivity contribution in [2.75, 3.05) is 5.32 Å². The van der Waals surface area contributed by atoms with E-state index in [0.29, 0.717) is 22.1 Å². The topological polar surface area (TPSA) is 73.2 Å². The molecule has 0 atom stereocenters. The number of carbonyl (C=O) groups excluding carboxylic acids is 2. The maximum Gasteiger partial charge on any atom is 0.341 e. The van der Waals surface area contributed by atoms with E-state index in [0.717, 1.165) is 36.9 Å². The first-order valence-corrected chi connectivity index (χ1v) is 10.4. The number of hydrogen-bond donors (Lipinski definition) is 1. The second-order valence-corrected chi connectivity index (χ2v) is 8.48. The van der Waals surface area contributed by atoms with Crippen molar-refractivity contribution in [2.24, 2.45) is 0 Å². The number of amides is 1. The number of esters is 1. The van der Waals surface area contributed by atoms with Crippen molar-refractivity contribution >= 4 is 39.8 Å². The Kier molecular flexibility index (Phi) is 6.22. The summed E-state index contributed by atoms with van der Waals surface area (Å²) in [5.74, 6) is -0.507. The Balaban J connectivity index is 1.75. The molecule has 0 fully saturated rings. The van der Waals surface area contributed by atoms with Gasteiger partial charge >= 0.3 is 5.97 Å². The van der Waals surface area contributed by atoms with Crippen LogP contribution in [-0.4, -0.2) is 27.8 Å². The standard InChI is InChI=1S/C19H24ClN3O3S/c1-11(2)26-19(25)17-13-6-4-5-7-15(13)27-18(17)22-16(24)8-9-23-12(3)14(20)10-21-23/h10-11H,4-9H2,1-3H3,(H,22,24). The SMILES string of the molecule is Cc1c(Cl)cnn1CCC(=O)Nc1sc2c(c1C(=O)OC(C)C)CCCC2. The van der Waals surface area contributed by atoms with Gasteiger partial charge in [-0.3, -0.25) is 9.48 Å². The Morgan fingerprint density at radius 1 is 1.37 bits per heavy atom. The quantitative estimate of drug-likeness (QED) is 0.718. The average Bonchev–Trinajstić information content (AvgIpc) is 3.13. The van der Waals surface area contributed by atoms with Crippen molar-refractivity contribution in [3.8, 4) is 0 Å². The summed E-state index contributed by atoms with van der Waals surface area (Å²) in [6.07, 6.45) is 5.59. The van der Waals surface area contributed by atoms with E-state index in [1.165, 1.54) is 16.2 Å². The molecule has 0 saturated heterocycles. The van der Waals surface area contributed by atoms with Crippen LogP contribution in [0.2, 0.25) is 5.02 Å². The fourth-order valence-corrected chi connectivity index (χ4v) is 4.62. The van der Waals surface area contributed by atoms with E-state index >= 15 is 0 Å². The van der Waals surface area contributed by atoms with Gasteiger partial charge in [-0.05, 0) is 52.0 Å². The first-order valence-electron chi connectivity index (χ1n) is 9.20. The van der Waals surface area contributed by atoms with Crippen LogP contribution in [0.1, 0.15) is 59.6 Å². The molecule has 1 aliphatic carbocycles. The third-order valence-corrected chi connectivity index (χ3v) is 6.14. The Bertz CT molecular complexity index is 857. The summed E-state index contributed by atoms with van der Waals surface area (Å²) in [6, 6.07) is 0. The summed E-state index contributed by atoms with van der Waals surface area (Å²) in [5.41, 5.74) is 2.41. The van der Waals surface area contributed by atoms with E-state index in [9.17, 15) is 9.59 Å². The maximum atomic E-state index is 12.6. The molecule has 146 valence electrons. The molecular formula is C19H24ClN3O3S. The van der Waals surface area contributed by atoms with Crippen LogP contribution in [0.15, 0.2) is 6.20 Å². The molecule has 27 heavy (non-hydrogen) atoms. The Hall–Kier alpha value is -1.86. The molecule has 2 heterocycles. The highest BCUT2D eigenvalue weighted by Crippen LogP contribution is 2.38. The lowest BCUT2D eigenvalue weighted by atomic mass is 9.95. The van der Waals surface area contributed by atoms with Gasteiger partial charge < -0.3 is 10.1 Å².